The summed E-state index contributed by atoms with van der Waals surface area (Å²) in [5.74, 6) is 0. The molecule has 1 heterocycles. The van der Waals surface area contributed by atoms with E-state index in [-0.39, 0.29) is 0 Å². The van der Waals surface area contributed by atoms with Crippen LogP contribution in [-0.4, -0.2) is 19.1 Å². The van der Waals surface area contributed by atoms with Crippen molar-refractivity contribution in [3.63, 3.8) is 0 Å². The van der Waals surface area contributed by atoms with Gasteiger partial charge in [0, 0.05) is 11.7 Å². The van der Waals surface area contributed by atoms with Crippen LogP contribution >= 0.6 is 0 Å². The maximum absolute atomic E-state index is 12.5. The van der Waals surface area contributed by atoms with Gasteiger partial charge in [-0.3, -0.25) is 4.79 Å². The van der Waals surface area contributed by atoms with Gasteiger partial charge >= 0.3 is 6.18 Å². The van der Waals surface area contributed by atoms with Gasteiger partial charge in [-0.1, -0.05) is 6.92 Å². The zero-order valence-corrected chi connectivity index (χ0v) is 12.2. The van der Waals surface area contributed by atoms with Crippen molar-refractivity contribution in [3.05, 3.63) is 29.3 Å². The van der Waals surface area contributed by atoms with Crippen molar-refractivity contribution < 1.29 is 22.7 Å². The molecule has 1 atom stereocenters. The van der Waals surface area contributed by atoms with E-state index >= 15 is 0 Å². The van der Waals surface area contributed by atoms with Crippen molar-refractivity contribution in [2.24, 2.45) is 0 Å². The van der Waals surface area contributed by atoms with Gasteiger partial charge in [0.25, 0.3) is 6.47 Å². The zero-order chi connectivity index (χ0) is 15.9. The molecule has 1 aromatic rings. The number of carbonyl (C=O) groups excluding carboxylic acids is 1. The van der Waals surface area contributed by atoms with E-state index in [4.69, 9.17) is 0 Å². The minimum Gasteiger partial charge on any atom is -0.468 e. The molecule has 1 N–H and O–H groups in total. The third-order valence-electron chi connectivity index (χ3n) is 3.28. The molecule has 1 aliphatic rings. The largest absolute Gasteiger partial charge is 0.468 e. The lowest BCUT2D eigenvalue weighted by Crippen LogP contribution is -2.24. The second-order valence-corrected chi connectivity index (χ2v) is 4.71. The van der Waals surface area contributed by atoms with Gasteiger partial charge in [0.1, 0.15) is 0 Å². The first-order valence-corrected chi connectivity index (χ1v) is 6.94. The van der Waals surface area contributed by atoms with Gasteiger partial charge in [-0.25, -0.2) is 0 Å². The molecule has 0 bridgehead atoms. The van der Waals surface area contributed by atoms with Crippen molar-refractivity contribution in [2.45, 2.75) is 45.3 Å². The Labute approximate surface area is 122 Å². The van der Waals surface area contributed by atoms with E-state index in [1.165, 1.54) is 6.07 Å². The summed E-state index contributed by atoms with van der Waals surface area (Å²) in [6.07, 6.45) is -1.60. The molecule has 3 nitrogen and oxygen atoms in total. The second kappa shape index (κ2) is 7.90. The molecule has 0 radical (unpaired) electrons. The zero-order valence-electron chi connectivity index (χ0n) is 12.2. The van der Waals surface area contributed by atoms with Crippen LogP contribution in [0.1, 0.15) is 37.8 Å². The van der Waals surface area contributed by atoms with Crippen LogP contribution in [0.15, 0.2) is 18.2 Å². The summed E-state index contributed by atoms with van der Waals surface area (Å²) in [5, 5.41) is 3.26. The number of fused-ring (bicyclic) bond motifs is 1. The first kappa shape index (κ1) is 17.3. The number of hydrogen-bond acceptors (Lipinski definition) is 3. The number of benzene rings is 1. The van der Waals surface area contributed by atoms with Gasteiger partial charge in [0.05, 0.1) is 12.2 Å². The minimum absolute atomic E-state index is 0.393. The molecule has 1 aromatic carbocycles. The fourth-order valence-corrected chi connectivity index (χ4v) is 2.11. The third kappa shape index (κ3) is 5.28. The summed E-state index contributed by atoms with van der Waals surface area (Å²) in [7, 11) is 0. The Bertz CT molecular complexity index is 461. The maximum Gasteiger partial charge on any atom is 0.416 e. The number of nitrogens with one attached hydrogen (secondary N) is 1. The highest BCUT2D eigenvalue weighted by atomic mass is 19.4. The highest BCUT2D eigenvalue weighted by Gasteiger charge is 2.31. The smallest absolute Gasteiger partial charge is 0.416 e. The van der Waals surface area contributed by atoms with Crippen LogP contribution in [0.3, 0.4) is 0 Å². The number of ether oxygens (including phenoxy) is 1. The molecule has 6 heteroatoms. The number of anilines is 1. The van der Waals surface area contributed by atoms with Gasteiger partial charge < -0.3 is 10.1 Å². The molecular weight excluding hydrogens is 283 g/mol. The Morgan fingerprint density at radius 1 is 1.38 bits per heavy atom. The monoisotopic (exact) mass is 303 g/mol. The predicted molar refractivity (Wildman–Crippen MR) is 75.2 cm³/mol. The van der Waals surface area contributed by atoms with Gasteiger partial charge in [0.15, 0.2) is 0 Å². The Morgan fingerprint density at radius 2 is 2.10 bits per heavy atom. The normalized spacial score (nSPS) is 16.9. The van der Waals surface area contributed by atoms with E-state index in [9.17, 15) is 18.0 Å². The van der Waals surface area contributed by atoms with Crippen LogP contribution in [-0.2, 0) is 22.1 Å². The minimum atomic E-state index is -4.24. The molecule has 0 unspecified atom stereocenters. The Kier molecular flexibility index (Phi) is 6.52. The number of aryl methyl sites for hydroxylation is 1. The summed E-state index contributed by atoms with van der Waals surface area (Å²) in [6.45, 7) is 4.74. The van der Waals surface area contributed by atoms with E-state index in [0.29, 0.717) is 19.1 Å². The topological polar surface area (TPSA) is 38.3 Å². The lowest BCUT2D eigenvalue weighted by atomic mass is 9.95. The third-order valence-corrected chi connectivity index (χ3v) is 3.28. The SMILES string of the molecule is CCOC=O.CC[C@@H]1CCc2cc(C(F)(F)F)ccc2N1. The number of halogens is 3. The molecular formula is C15H20F3NO2. The number of hydrogen-bond donors (Lipinski definition) is 1. The Morgan fingerprint density at radius 3 is 2.57 bits per heavy atom. The average Bonchev–Trinajstić information content (AvgIpc) is 2.46. The van der Waals surface area contributed by atoms with Gasteiger partial charge in [-0.2, -0.15) is 13.2 Å². The van der Waals surface area contributed by atoms with Crippen molar-refractivity contribution in [1.29, 1.82) is 0 Å². The van der Waals surface area contributed by atoms with Crippen molar-refractivity contribution >= 4 is 12.2 Å². The molecule has 0 aliphatic carbocycles. The molecule has 2 rings (SSSR count). The highest BCUT2D eigenvalue weighted by Crippen LogP contribution is 2.34. The van der Waals surface area contributed by atoms with Crippen molar-refractivity contribution in [1.82, 2.24) is 0 Å². The van der Waals surface area contributed by atoms with Crippen LogP contribution in [0.25, 0.3) is 0 Å². The van der Waals surface area contributed by atoms with E-state index in [1.54, 1.807) is 13.0 Å². The molecule has 1 aliphatic heterocycles. The quantitative estimate of drug-likeness (QED) is 0.857. The molecule has 0 fully saturated rings. The van der Waals surface area contributed by atoms with E-state index < -0.39 is 11.7 Å². The van der Waals surface area contributed by atoms with Gasteiger partial charge in [-0.15, -0.1) is 0 Å². The van der Waals surface area contributed by atoms with E-state index in [1.807, 2.05) is 0 Å². The average molecular weight is 303 g/mol. The van der Waals surface area contributed by atoms with Crippen LogP contribution in [0.4, 0.5) is 18.9 Å². The van der Waals surface area contributed by atoms with Crippen LogP contribution < -0.4 is 5.32 Å². The summed E-state index contributed by atoms with van der Waals surface area (Å²) in [6, 6.07) is 4.34. The number of alkyl halides is 3. The summed E-state index contributed by atoms with van der Waals surface area (Å²) in [5.41, 5.74) is 1.08. The summed E-state index contributed by atoms with van der Waals surface area (Å²) in [4.78, 5) is 9.18. The summed E-state index contributed by atoms with van der Waals surface area (Å²) >= 11 is 0. The number of carbonyl (C=O) groups is 1. The highest BCUT2D eigenvalue weighted by molar-refractivity contribution is 5.55. The van der Waals surface area contributed by atoms with Crippen LogP contribution in [0.2, 0.25) is 0 Å². The lowest BCUT2D eigenvalue weighted by Gasteiger charge is -2.26. The fraction of sp³-hybridized carbons (Fsp3) is 0.533. The molecule has 0 aromatic heterocycles. The molecule has 0 spiro atoms. The van der Waals surface area contributed by atoms with Crippen LogP contribution in [0.5, 0.6) is 0 Å². The Balaban J connectivity index is 0.000000383. The van der Waals surface area contributed by atoms with Gasteiger partial charge in [0.2, 0.25) is 0 Å². The molecule has 0 saturated heterocycles. The lowest BCUT2D eigenvalue weighted by molar-refractivity contribution is -0.137. The van der Waals surface area contributed by atoms with Gasteiger partial charge in [-0.05, 0) is 49.9 Å². The summed E-state index contributed by atoms with van der Waals surface area (Å²) < 4.78 is 41.6. The standard InChI is InChI=1S/C12H14F3N.C3H6O2/c1-2-10-5-3-8-7-9(12(13,14)15)4-6-11(8)16-10;1-2-5-3-4/h4,6-7,10,16H,2-3,5H2,1H3;3H,2H2,1H3/t10-;/m1./s1. The molecule has 0 saturated carbocycles. The van der Waals surface area contributed by atoms with Crippen molar-refractivity contribution in [3.8, 4) is 0 Å². The first-order chi connectivity index (χ1) is 9.92. The maximum atomic E-state index is 12.5. The second-order valence-electron chi connectivity index (χ2n) is 4.71. The van der Waals surface area contributed by atoms with Crippen LogP contribution in [0, 0.1) is 0 Å². The van der Waals surface area contributed by atoms with Crippen molar-refractivity contribution in [2.75, 3.05) is 11.9 Å². The predicted octanol–water partition coefficient (Wildman–Crippen LogP) is 4.02. The molecule has 21 heavy (non-hydrogen) atoms. The molecule has 118 valence electrons. The fourth-order valence-electron chi connectivity index (χ4n) is 2.11. The Hall–Kier alpha value is -1.72. The number of rotatable bonds is 3. The van der Waals surface area contributed by atoms with E-state index in [0.717, 1.165) is 36.6 Å². The first-order valence-electron chi connectivity index (χ1n) is 6.94. The molecule has 0 amide bonds. The van der Waals surface area contributed by atoms with E-state index in [2.05, 4.69) is 17.0 Å².